The lowest BCUT2D eigenvalue weighted by Gasteiger charge is -2.20. The van der Waals surface area contributed by atoms with Gasteiger partial charge < -0.3 is 14.7 Å². The Morgan fingerprint density at radius 2 is 1.86 bits per heavy atom. The maximum absolute atomic E-state index is 12.0. The van der Waals surface area contributed by atoms with Crippen molar-refractivity contribution in [2.45, 2.75) is 32.6 Å². The second-order valence-corrected chi connectivity index (χ2v) is 5.39. The first-order valence-corrected chi connectivity index (χ1v) is 7.32. The number of carbonyl (C=O) groups is 2. The topological polar surface area (TPSA) is 66.8 Å². The SMILES string of the molecule is Cc1ccc(O)c(C(=O)OCC(=O)N2CCCCCC2)c1. The van der Waals surface area contributed by atoms with Crippen LogP contribution in [0.2, 0.25) is 0 Å². The summed E-state index contributed by atoms with van der Waals surface area (Å²) in [7, 11) is 0. The number of aromatic hydroxyl groups is 1. The van der Waals surface area contributed by atoms with Gasteiger partial charge in [0.25, 0.3) is 5.91 Å². The van der Waals surface area contributed by atoms with Gasteiger partial charge in [0.15, 0.2) is 6.61 Å². The first-order chi connectivity index (χ1) is 10.1. The molecule has 114 valence electrons. The number of phenolic OH excluding ortho intramolecular Hbond substituents is 1. The zero-order valence-electron chi connectivity index (χ0n) is 12.3. The van der Waals surface area contributed by atoms with E-state index in [0.717, 1.165) is 44.3 Å². The van der Waals surface area contributed by atoms with Crippen molar-refractivity contribution < 1.29 is 19.4 Å². The van der Waals surface area contributed by atoms with Gasteiger partial charge in [0.2, 0.25) is 0 Å². The van der Waals surface area contributed by atoms with Crippen LogP contribution in [0.5, 0.6) is 5.75 Å². The van der Waals surface area contributed by atoms with E-state index < -0.39 is 5.97 Å². The molecule has 1 aliphatic rings. The van der Waals surface area contributed by atoms with E-state index in [1.807, 2.05) is 6.92 Å². The van der Waals surface area contributed by atoms with Gasteiger partial charge in [-0.1, -0.05) is 24.5 Å². The van der Waals surface area contributed by atoms with Crippen molar-refractivity contribution in [3.8, 4) is 5.75 Å². The minimum atomic E-state index is -0.667. The smallest absolute Gasteiger partial charge is 0.342 e. The van der Waals surface area contributed by atoms with Crippen LogP contribution in [0, 0.1) is 6.92 Å². The fourth-order valence-electron chi connectivity index (χ4n) is 2.43. The maximum atomic E-state index is 12.0. The molecule has 0 unspecified atom stereocenters. The van der Waals surface area contributed by atoms with Crippen LogP contribution in [0.25, 0.3) is 0 Å². The maximum Gasteiger partial charge on any atom is 0.342 e. The molecule has 0 atom stereocenters. The van der Waals surface area contributed by atoms with E-state index in [1.54, 1.807) is 17.0 Å². The fourth-order valence-corrected chi connectivity index (χ4v) is 2.43. The Morgan fingerprint density at radius 1 is 1.19 bits per heavy atom. The lowest BCUT2D eigenvalue weighted by molar-refractivity contribution is -0.134. The number of hydrogen-bond donors (Lipinski definition) is 1. The number of phenols is 1. The van der Waals surface area contributed by atoms with Crippen LogP contribution >= 0.6 is 0 Å². The lowest BCUT2D eigenvalue weighted by Crippen LogP contribution is -2.35. The number of rotatable bonds is 3. The first kappa shape index (κ1) is 15.4. The van der Waals surface area contributed by atoms with Crippen molar-refractivity contribution in [2.24, 2.45) is 0 Å². The molecule has 0 bridgehead atoms. The third kappa shape index (κ3) is 4.21. The Bertz CT molecular complexity index is 519. The minimum absolute atomic E-state index is 0.0960. The Balaban J connectivity index is 1.91. The third-order valence-electron chi connectivity index (χ3n) is 3.66. The van der Waals surface area contributed by atoms with Crippen LogP contribution in [0.15, 0.2) is 18.2 Å². The summed E-state index contributed by atoms with van der Waals surface area (Å²) in [6.07, 6.45) is 4.28. The summed E-state index contributed by atoms with van der Waals surface area (Å²) in [6.45, 7) is 3.00. The van der Waals surface area contributed by atoms with Crippen molar-refractivity contribution in [1.82, 2.24) is 4.90 Å². The molecule has 0 aliphatic carbocycles. The van der Waals surface area contributed by atoms with Crippen molar-refractivity contribution in [3.63, 3.8) is 0 Å². The van der Waals surface area contributed by atoms with E-state index in [0.29, 0.717) is 0 Å². The van der Waals surface area contributed by atoms with Gasteiger partial charge in [-0.3, -0.25) is 4.79 Å². The molecule has 0 aromatic heterocycles. The highest BCUT2D eigenvalue weighted by molar-refractivity contribution is 5.94. The van der Waals surface area contributed by atoms with Crippen molar-refractivity contribution >= 4 is 11.9 Å². The summed E-state index contributed by atoms with van der Waals surface area (Å²) in [6, 6.07) is 4.70. The number of esters is 1. The molecule has 21 heavy (non-hydrogen) atoms. The molecule has 1 saturated heterocycles. The average molecular weight is 291 g/mol. The monoisotopic (exact) mass is 291 g/mol. The van der Waals surface area contributed by atoms with Gasteiger partial charge in [-0.05, 0) is 31.9 Å². The zero-order chi connectivity index (χ0) is 15.2. The van der Waals surface area contributed by atoms with Crippen LogP contribution in [-0.2, 0) is 9.53 Å². The van der Waals surface area contributed by atoms with Gasteiger partial charge >= 0.3 is 5.97 Å². The highest BCUT2D eigenvalue weighted by atomic mass is 16.5. The van der Waals surface area contributed by atoms with Crippen molar-refractivity contribution in [3.05, 3.63) is 29.3 Å². The molecule has 1 aliphatic heterocycles. The van der Waals surface area contributed by atoms with Gasteiger partial charge in [-0.2, -0.15) is 0 Å². The standard InChI is InChI=1S/C16H21NO4/c1-12-6-7-14(18)13(10-12)16(20)21-11-15(19)17-8-4-2-3-5-9-17/h6-7,10,18H,2-5,8-9,11H2,1H3. The molecular weight excluding hydrogens is 270 g/mol. The van der Waals surface area contributed by atoms with E-state index in [2.05, 4.69) is 0 Å². The van der Waals surface area contributed by atoms with E-state index in [1.165, 1.54) is 6.07 Å². The molecule has 0 spiro atoms. The predicted octanol–water partition coefficient (Wildman–Crippen LogP) is 2.26. The molecule has 1 amide bonds. The van der Waals surface area contributed by atoms with Crippen LogP contribution in [0.3, 0.4) is 0 Å². The van der Waals surface area contributed by atoms with Gasteiger partial charge in [0.1, 0.15) is 11.3 Å². The van der Waals surface area contributed by atoms with Gasteiger partial charge in [-0.25, -0.2) is 4.79 Å². The molecular formula is C16H21NO4. The quantitative estimate of drug-likeness (QED) is 0.867. The zero-order valence-corrected chi connectivity index (χ0v) is 12.3. The van der Waals surface area contributed by atoms with E-state index in [-0.39, 0.29) is 23.8 Å². The summed E-state index contributed by atoms with van der Waals surface area (Å²) < 4.78 is 5.03. The number of likely N-dealkylation sites (tertiary alicyclic amines) is 1. The molecule has 1 aromatic carbocycles. The van der Waals surface area contributed by atoms with Crippen LogP contribution in [0.4, 0.5) is 0 Å². The van der Waals surface area contributed by atoms with Gasteiger partial charge in [0.05, 0.1) is 0 Å². The second kappa shape index (κ2) is 7.11. The van der Waals surface area contributed by atoms with Gasteiger partial charge in [0, 0.05) is 13.1 Å². The molecule has 1 aromatic rings. The lowest BCUT2D eigenvalue weighted by atomic mass is 10.1. The Labute approximate surface area is 124 Å². The first-order valence-electron chi connectivity index (χ1n) is 7.32. The minimum Gasteiger partial charge on any atom is -0.507 e. The number of carbonyl (C=O) groups excluding carboxylic acids is 2. The summed E-state index contributed by atoms with van der Waals surface area (Å²) in [4.78, 5) is 25.7. The third-order valence-corrected chi connectivity index (χ3v) is 3.66. The molecule has 0 radical (unpaired) electrons. The molecule has 5 nitrogen and oxygen atoms in total. The highest BCUT2D eigenvalue weighted by Crippen LogP contribution is 2.19. The largest absolute Gasteiger partial charge is 0.507 e. The molecule has 5 heteroatoms. The van der Waals surface area contributed by atoms with E-state index >= 15 is 0 Å². The highest BCUT2D eigenvalue weighted by Gasteiger charge is 2.19. The van der Waals surface area contributed by atoms with Crippen LogP contribution in [0.1, 0.15) is 41.6 Å². The molecule has 1 N–H and O–H groups in total. The summed E-state index contributed by atoms with van der Waals surface area (Å²) >= 11 is 0. The second-order valence-electron chi connectivity index (χ2n) is 5.39. The predicted molar refractivity (Wildman–Crippen MR) is 78.2 cm³/mol. The summed E-state index contributed by atoms with van der Waals surface area (Å²) in [5.41, 5.74) is 0.942. The Kier molecular flexibility index (Phi) is 5.20. The normalized spacial score (nSPS) is 15.4. The summed E-state index contributed by atoms with van der Waals surface area (Å²) in [5.74, 6) is -0.968. The summed E-state index contributed by atoms with van der Waals surface area (Å²) in [5, 5.41) is 9.66. The number of benzene rings is 1. The number of amides is 1. The fraction of sp³-hybridized carbons (Fsp3) is 0.500. The number of aryl methyl sites for hydroxylation is 1. The van der Waals surface area contributed by atoms with E-state index in [9.17, 15) is 14.7 Å². The van der Waals surface area contributed by atoms with Crippen molar-refractivity contribution in [2.75, 3.05) is 19.7 Å². The molecule has 1 heterocycles. The van der Waals surface area contributed by atoms with Crippen LogP contribution in [-0.4, -0.2) is 41.6 Å². The van der Waals surface area contributed by atoms with Crippen LogP contribution < -0.4 is 0 Å². The Morgan fingerprint density at radius 3 is 2.52 bits per heavy atom. The molecule has 0 saturated carbocycles. The number of hydrogen-bond acceptors (Lipinski definition) is 4. The van der Waals surface area contributed by atoms with Crippen molar-refractivity contribution in [1.29, 1.82) is 0 Å². The molecule has 1 fully saturated rings. The Hall–Kier alpha value is -2.04. The number of nitrogens with zero attached hydrogens (tertiary/aromatic N) is 1. The molecule has 2 rings (SSSR count). The average Bonchev–Trinajstić information content (AvgIpc) is 2.76. The van der Waals surface area contributed by atoms with E-state index in [4.69, 9.17) is 4.74 Å². The number of ether oxygens (including phenoxy) is 1. The van der Waals surface area contributed by atoms with Gasteiger partial charge in [-0.15, -0.1) is 0 Å².